The van der Waals surface area contributed by atoms with Crippen molar-refractivity contribution in [1.82, 2.24) is 9.55 Å². The molecule has 0 unspecified atom stereocenters. The van der Waals surface area contributed by atoms with Gasteiger partial charge in [-0.3, -0.25) is 0 Å². The van der Waals surface area contributed by atoms with Crippen molar-refractivity contribution in [3.8, 4) is 5.75 Å². The Hall–Kier alpha value is -2.43. The molecule has 0 saturated heterocycles. The summed E-state index contributed by atoms with van der Waals surface area (Å²) < 4.78 is 36.6. The fraction of sp³-hybridized carbons (Fsp3) is 0.300. The topological polar surface area (TPSA) is 114 Å². The number of hydrogen-bond acceptors (Lipinski definition) is 6. The summed E-state index contributed by atoms with van der Waals surface area (Å²) in [6.45, 7) is 2.98. The van der Waals surface area contributed by atoms with E-state index in [9.17, 15) is 13.2 Å². The normalized spacial score (nSPS) is 11.6. The number of imidazole rings is 1. The molecule has 1 aromatic heterocycles. The van der Waals surface area contributed by atoms with Crippen LogP contribution in [0.5, 0.6) is 5.75 Å². The lowest BCUT2D eigenvalue weighted by atomic mass is 10.2. The number of primary sulfonamides is 1. The molecule has 0 fully saturated rings. The van der Waals surface area contributed by atoms with Crippen LogP contribution >= 0.6 is 15.9 Å². The largest absolute Gasteiger partial charge is 0.484 e. The maximum atomic E-state index is 11.7. The number of sulfonamides is 1. The first kappa shape index (κ1) is 22.3. The standard InChI is InChI=1S/C20H22BrN3O5S/c1-3-4-9-24-17-7-6-14(30(22,26)27)11-16(17)23-19(24)12-29-18-8-5-13(10-15(18)21)20(25)28-2/h5-8,10-11H,3-4,9,12H2,1-2H3,(H2,22,26,27). The van der Waals surface area contributed by atoms with Crippen molar-refractivity contribution in [2.24, 2.45) is 5.14 Å². The molecule has 2 aromatic carbocycles. The van der Waals surface area contributed by atoms with E-state index in [4.69, 9.17) is 14.6 Å². The van der Waals surface area contributed by atoms with Crippen molar-refractivity contribution in [2.45, 2.75) is 37.8 Å². The number of nitrogens with two attached hydrogens (primary N) is 1. The van der Waals surface area contributed by atoms with Crippen molar-refractivity contribution in [2.75, 3.05) is 7.11 Å². The number of unbranched alkanes of at least 4 members (excludes halogenated alkanes) is 1. The van der Waals surface area contributed by atoms with Crippen molar-refractivity contribution < 1.29 is 22.7 Å². The van der Waals surface area contributed by atoms with Gasteiger partial charge in [-0.05, 0) is 58.7 Å². The average molecular weight is 496 g/mol. The Morgan fingerprint density at radius 2 is 2.00 bits per heavy atom. The summed E-state index contributed by atoms with van der Waals surface area (Å²) in [5.74, 6) is 0.769. The van der Waals surface area contributed by atoms with Crippen LogP contribution in [0.1, 0.15) is 35.9 Å². The molecule has 8 nitrogen and oxygen atoms in total. The van der Waals surface area contributed by atoms with E-state index >= 15 is 0 Å². The molecule has 0 atom stereocenters. The van der Waals surface area contributed by atoms with Crippen LogP contribution in [0, 0.1) is 0 Å². The number of benzene rings is 2. The number of carbonyl (C=O) groups is 1. The van der Waals surface area contributed by atoms with Crippen LogP contribution in [-0.2, 0) is 27.9 Å². The predicted octanol–water partition coefficient (Wildman–Crippen LogP) is 3.61. The summed E-state index contributed by atoms with van der Waals surface area (Å²) in [5.41, 5.74) is 1.76. The Kier molecular flexibility index (Phi) is 6.79. The first-order valence-electron chi connectivity index (χ1n) is 9.27. The van der Waals surface area contributed by atoms with Crippen LogP contribution in [0.2, 0.25) is 0 Å². The quantitative estimate of drug-likeness (QED) is 0.477. The molecule has 10 heteroatoms. The van der Waals surface area contributed by atoms with Crippen LogP contribution in [0.4, 0.5) is 0 Å². The number of rotatable bonds is 8. The van der Waals surface area contributed by atoms with Gasteiger partial charge in [-0.1, -0.05) is 13.3 Å². The second-order valence-electron chi connectivity index (χ2n) is 6.65. The van der Waals surface area contributed by atoms with Gasteiger partial charge in [-0.2, -0.15) is 0 Å². The molecule has 3 aromatic rings. The van der Waals surface area contributed by atoms with Gasteiger partial charge in [-0.25, -0.2) is 23.3 Å². The van der Waals surface area contributed by atoms with Crippen LogP contribution < -0.4 is 9.88 Å². The molecular weight excluding hydrogens is 474 g/mol. The number of fused-ring (bicyclic) bond motifs is 1. The molecule has 30 heavy (non-hydrogen) atoms. The van der Waals surface area contributed by atoms with E-state index in [-0.39, 0.29) is 11.5 Å². The van der Waals surface area contributed by atoms with Crippen LogP contribution in [0.25, 0.3) is 11.0 Å². The fourth-order valence-electron chi connectivity index (χ4n) is 3.02. The SMILES string of the molecule is CCCCn1c(COc2ccc(C(=O)OC)cc2Br)nc2cc(S(N)(=O)=O)ccc21. The number of hydrogen-bond donors (Lipinski definition) is 1. The Morgan fingerprint density at radius 3 is 2.63 bits per heavy atom. The third kappa shape index (κ3) is 4.82. The Balaban J connectivity index is 1.91. The van der Waals surface area contributed by atoms with Crippen LogP contribution in [-0.4, -0.2) is 31.0 Å². The van der Waals surface area contributed by atoms with Gasteiger partial charge < -0.3 is 14.0 Å². The third-order valence-corrected chi connectivity index (χ3v) is 6.10. The summed E-state index contributed by atoms with van der Waals surface area (Å²) in [7, 11) is -2.49. The smallest absolute Gasteiger partial charge is 0.337 e. The zero-order chi connectivity index (χ0) is 21.9. The molecule has 0 bridgehead atoms. The Bertz CT molecular complexity index is 1190. The highest BCUT2D eigenvalue weighted by atomic mass is 79.9. The first-order chi connectivity index (χ1) is 14.2. The number of ether oxygens (including phenoxy) is 2. The predicted molar refractivity (Wildman–Crippen MR) is 116 cm³/mol. The lowest BCUT2D eigenvalue weighted by Crippen LogP contribution is -2.11. The number of aryl methyl sites for hydroxylation is 1. The van der Waals surface area contributed by atoms with E-state index in [2.05, 4.69) is 27.8 Å². The lowest BCUT2D eigenvalue weighted by molar-refractivity contribution is 0.0600. The minimum absolute atomic E-state index is 0.0174. The molecule has 3 rings (SSSR count). The Labute approximate surface area is 183 Å². The number of halogens is 1. The van der Waals surface area contributed by atoms with E-state index in [1.807, 2.05) is 4.57 Å². The van der Waals surface area contributed by atoms with Crippen LogP contribution in [0.15, 0.2) is 45.8 Å². The molecule has 1 heterocycles. The van der Waals surface area contributed by atoms with E-state index in [1.165, 1.54) is 19.2 Å². The number of esters is 1. The van der Waals surface area contributed by atoms with Gasteiger partial charge in [-0.15, -0.1) is 0 Å². The highest BCUT2D eigenvalue weighted by Crippen LogP contribution is 2.28. The fourth-order valence-corrected chi connectivity index (χ4v) is 4.04. The lowest BCUT2D eigenvalue weighted by Gasteiger charge is -2.11. The number of aromatic nitrogens is 2. The molecule has 160 valence electrons. The van der Waals surface area contributed by atoms with E-state index < -0.39 is 16.0 Å². The second kappa shape index (κ2) is 9.15. The highest BCUT2D eigenvalue weighted by Gasteiger charge is 2.16. The zero-order valence-corrected chi connectivity index (χ0v) is 19.0. The summed E-state index contributed by atoms with van der Waals surface area (Å²) in [5, 5.41) is 5.24. The molecule has 0 aliphatic rings. The van der Waals surface area contributed by atoms with Gasteiger partial charge in [0.25, 0.3) is 0 Å². The molecule has 0 saturated carbocycles. The minimum atomic E-state index is -3.81. The molecule has 0 spiro atoms. The summed E-state index contributed by atoms with van der Waals surface area (Å²) in [6, 6.07) is 9.58. The van der Waals surface area contributed by atoms with Gasteiger partial charge in [0.15, 0.2) is 0 Å². The maximum absolute atomic E-state index is 11.7. The number of methoxy groups -OCH3 is 1. The highest BCUT2D eigenvalue weighted by molar-refractivity contribution is 9.10. The van der Waals surface area contributed by atoms with Crippen molar-refractivity contribution in [1.29, 1.82) is 0 Å². The summed E-state index contributed by atoms with van der Waals surface area (Å²) >= 11 is 3.40. The average Bonchev–Trinajstić information content (AvgIpc) is 3.06. The van der Waals surface area contributed by atoms with Gasteiger partial charge in [0, 0.05) is 6.54 Å². The van der Waals surface area contributed by atoms with E-state index in [0.29, 0.717) is 27.1 Å². The van der Waals surface area contributed by atoms with Crippen molar-refractivity contribution in [3.05, 3.63) is 52.3 Å². The van der Waals surface area contributed by atoms with Gasteiger partial charge in [0.2, 0.25) is 10.0 Å². The second-order valence-corrected chi connectivity index (χ2v) is 9.07. The van der Waals surface area contributed by atoms with Gasteiger partial charge in [0.05, 0.1) is 33.1 Å². The van der Waals surface area contributed by atoms with Crippen molar-refractivity contribution >= 4 is 43.0 Å². The minimum Gasteiger partial charge on any atom is -0.484 e. The Morgan fingerprint density at radius 1 is 1.23 bits per heavy atom. The third-order valence-electron chi connectivity index (χ3n) is 4.57. The summed E-state index contributed by atoms with van der Waals surface area (Å²) in [4.78, 5) is 16.2. The monoisotopic (exact) mass is 495 g/mol. The van der Waals surface area contributed by atoms with Crippen molar-refractivity contribution in [3.63, 3.8) is 0 Å². The first-order valence-corrected chi connectivity index (χ1v) is 11.6. The molecule has 0 aliphatic carbocycles. The summed E-state index contributed by atoms with van der Waals surface area (Å²) in [6.07, 6.45) is 1.93. The molecule has 0 radical (unpaired) electrons. The van der Waals surface area contributed by atoms with Gasteiger partial charge in [0.1, 0.15) is 18.2 Å². The number of carbonyl (C=O) groups excluding carboxylic acids is 1. The molecular formula is C20H22BrN3O5S. The van der Waals surface area contributed by atoms with Gasteiger partial charge >= 0.3 is 5.97 Å². The molecule has 2 N–H and O–H groups in total. The molecule has 0 aliphatic heterocycles. The maximum Gasteiger partial charge on any atom is 0.337 e. The number of nitrogens with zero attached hydrogens (tertiary/aromatic N) is 2. The van der Waals surface area contributed by atoms with Crippen LogP contribution in [0.3, 0.4) is 0 Å². The van der Waals surface area contributed by atoms with E-state index in [1.54, 1.807) is 24.3 Å². The van der Waals surface area contributed by atoms with E-state index in [0.717, 1.165) is 24.9 Å². The zero-order valence-electron chi connectivity index (χ0n) is 16.6. The molecule has 0 amide bonds.